The number of methoxy groups -OCH3 is 1. The summed E-state index contributed by atoms with van der Waals surface area (Å²) in [6, 6.07) is 0. The molecule has 0 spiro atoms. The molecular formula is C11H14O. The molecule has 0 aliphatic heterocycles. The number of fused-ring (bicyclic) bond motifs is 1. The van der Waals surface area contributed by atoms with Crippen LogP contribution in [0.3, 0.4) is 0 Å². The fourth-order valence-electron chi connectivity index (χ4n) is 2.09. The highest BCUT2D eigenvalue weighted by Crippen LogP contribution is 2.50. The van der Waals surface area contributed by atoms with Crippen LogP contribution in [-0.4, -0.2) is 13.2 Å². The molecule has 1 fully saturated rings. The van der Waals surface area contributed by atoms with Crippen LogP contribution < -0.4 is 0 Å². The largest absolute Gasteiger partial charge is 0.380 e. The minimum absolute atomic E-state index is 0.440. The van der Waals surface area contributed by atoms with Gasteiger partial charge in [-0.05, 0) is 6.42 Å². The van der Waals surface area contributed by atoms with Crippen molar-refractivity contribution in [2.45, 2.75) is 12.5 Å². The highest BCUT2D eigenvalue weighted by molar-refractivity contribution is 5.34. The molecule has 0 aromatic rings. The van der Waals surface area contributed by atoms with Gasteiger partial charge < -0.3 is 4.74 Å². The van der Waals surface area contributed by atoms with Gasteiger partial charge in [-0.3, -0.25) is 0 Å². The van der Waals surface area contributed by atoms with Gasteiger partial charge >= 0.3 is 0 Å². The smallest absolute Gasteiger partial charge is 0.0712 e. The van der Waals surface area contributed by atoms with Gasteiger partial charge in [0, 0.05) is 18.9 Å². The molecule has 2 aliphatic rings. The first-order valence-electron chi connectivity index (χ1n) is 4.39. The van der Waals surface area contributed by atoms with E-state index in [1.54, 1.807) is 7.11 Å². The minimum atomic E-state index is 0.440. The van der Waals surface area contributed by atoms with Crippen LogP contribution in [0.2, 0.25) is 0 Å². The lowest BCUT2D eigenvalue weighted by Gasteiger charge is -2.03. The molecule has 0 radical (unpaired) electrons. The van der Waals surface area contributed by atoms with Gasteiger partial charge in [-0.25, -0.2) is 0 Å². The van der Waals surface area contributed by atoms with Crippen LogP contribution in [0.5, 0.6) is 0 Å². The molecule has 0 heterocycles. The third-order valence-corrected chi connectivity index (χ3v) is 2.73. The van der Waals surface area contributed by atoms with E-state index >= 15 is 0 Å². The summed E-state index contributed by atoms with van der Waals surface area (Å²) >= 11 is 0. The summed E-state index contributed by atoms with van der Waals surface area (Å²) in [4.78, 5) is 0. The first-order chi connectivity index (χ1) is 5.88. The monoisotopic (exact) mass is 162 g/mol. The molecule has 0 amide bonds. The van der Waals surface area contributed by atoms with E-state index in [0.29, 0.717) is 17.9 Å². The van der Waals surface area contributed by atoms with Crippen LogP contribution in [0.1, 0.15) is 6.42 Å². The van der Waals surface area contributed by atoms with E-state index in [1.165, 1.54) is 5.57 Å². The number of ether oxygens (including phenoxy) is 1. The lowest BCUT2D eigenvalue weighted by Crippen LogP contribution is -1.94. The summed E-state index contributed by atoms with van der Waals surface area (Å²) in [5, 5.41) is 0. The third-order valence-electron chi connectivity index (χ3n) is 2.73. The Balaban J connectivity index is 2.10. The first-order valence-corrected chi connectivity index (χ1v) is 4.39. The zero-order chi connectivity index (χ0) is 8.55. The number of allylic oxidation sites excluding steroid dienone is 3. The summed E-state index contributed by atoms with van der Waals surface area (Å²) in [7, 11) is 1.79. The van der Waals surface area contributed by atoms with E-state index in [2.05, 4.69) is 24.8 Å². The second-order valence-corrected chi connectivity index (χ2v) is 3.42. The molecule has 1 saturated carbocycles. The Labute approximate surface area is 73.4 Å². The van der Waals surface area contributed by atoms with Crippen LogP contribution in [-0.2, 0) is 4.74 Å². The zero-order valence-electron chi connectivity index (χ0n) is 7.36. The number of hydrogen-bond acceptors (Lipinski definition) is 1. The van der Waals surface area contributed by atoms with Gasteiger partial charge in [0.1, 0.15) is 0 Å². The van der Waals surface area contributed by atoms with Gasteiger partial charge in [0.15, 0.2) is 0 Å². The summed E-state index contributed by atoms with van der Waals surface area (Å²) in [6.45, 7) is 3.75. The standard InChI is InChI=1S/C11H14O/c1-3-5-8-6-4-7-9-10(8)11(9)12-2/h3-4,6-7,9-11H,1,5H2,2H3. The molecule has 2 aliphatic carbocycles. The fraction of sp³-hybridized carbons (Fsp3) is 0.455. The van der Waals surface area contributed by atoms with Crippen LogP contribution in [0.25, 0.3) is 0 Å². The molecule has 12 heavy (non-hydrogen) atoms. The summed E-state index contributed by atoms with van der Waals surface area (Å²) in [5.74, 6) is 1.30. The maximum Gasteiger partial charge on any atom is 0.0712 e. The third kappa shape index (κ3) is 1.05. The molecule has 0 N–H and O–H groups in total. The van der Waals surface area contributed by atoms with Crippen molar-refractivity contribution < 1.29 is 4.74 Å². The van der Waals surface area contributed by atoms with Crippen molar-refractivity contribution in [1.29, 1.82) is 0 Å². The van der Waals surface area contributed by atoms with Crippen LogP contribution in [0.15, 0.2) is 36.5 Å². The molecular weight excluding hydrogens is 148 g/mol. The molecule has 3 unspecified atom stereocenters. The molecule has 2 rings (SSSR count). The van der Waals surface area contributed by atoms with Crippen molar-refractivity contribution in [3.05, 3.63) is 36.5 Å². The van der Waals surface area contributed by atoms with Crippen LogP contribution >= 0.6 is 0 Å². The second-order valence-electron chi connectivity index (χ2n) is 3.42. The number of rotatable bonds is 3. The highest BCUT2D eigenvalue weighted by Gasteiger charge is 2.51. The average Bonchev–Trinajstić information content (AvgIpc) is 2.79. The summed E-state index contributed by atoms with van der Waals surface area (Å²) in [5.41, 5.74) is 1.48. The maximum absolute atomic E-state index is 5.36. The van der Waals surface area contributed by atoms with Crippen molar-refractivity contribution in [3.63, 3.8) is 0 Å². The van der Waals surface area contributed by atoms with Gasteiger partial charge in [-0.2, -0.15) is 0 Å². The zero-order valence-corrected chi connectivity index (χ0v) is 7.36. The second kappa shape index (κ2) is 2.91. The molecule has 1 heteroatoms. The Morgan fingerprint density at radius 3 is 3.17 bits per heavy atom. The Morgan fingerprint density at radius 2 is 2.50 bits per heavy atom. The van der Waals surface area contributed by atoms with Crippen LogP contribution in [0, 0.1) is 11.8 Å². The molecule has 3 atom stereocenters. The Kier molecular flexibility index (Phi) is 1.89. The van der Waals surface area contributed by atoms with E-state index in [9.17, 15) is 0 Å². The van der Waals surface area contributed by atoms with E-state index in [-0.39, 0.29) is 0 Å². The first kappa shape index (κ1) is 7.81. The van der Waals surface area contributed by atoms with Crippen molar-refractivity contribution >= 4 is 0 Å². The normalized spacial score (nSPS) is 37.1. The highest BCUT2D eigenvalue weighted by atomic mass is 16.5. The van der Waals surface area contributed by atoms with Crippen molar-refractivity contribution in [3.8, 4) is 0 Å². The van der Waals surface area contributed by atoms with Gasteiger partial charge in [0.2, 0.25) is 0 Å². The predicted molar refractivity (Wildman–Crippen MR) is 49.8 cm³/mol. The lowest BCUT2D eigenvalue weighted by molar-refractivity contribution is 0.167. The van der Waals surface area contributed by atoms with E-state index in [4.69, 9.17) is 4.74 Å². The molecule has 64 valence electrons. The Morgan fingerprint density at radius 1 is 1.67 bits per heavy atom. The van der Waals surface area contributed by atoms with E-state index < -0.39 is 0 Å². The number of hydrogen-bond donors (Lipinski definition) is 0. The van der Waals surface area contributed by atoms with Crippen molar-refractivity contribution in [2.75, 3.05) is 7.11 Å². The molecule has 0 saturated heterocycles. The quantitative estimate of drug-likeness (QED) is 0.579. The topological polar surface area (TPSA) is 9.23 Å². The maximum atomic E-state index is 5.36. The molecule has 0 aromatic carbocycles. The summed E-state index contributed by atoms with van der Waals surface area (Å²) in [6.07, 6.45) is 9.99. The summed E-state index contributed by atoms with van der Waals surface area (Å²) < 4.78 is 5.36. The van der Waals surface area contributed by atoms with E-state index in [1.807, 2.05) is 6.08 Å². The van der Waals surface area contributed by atoms with Gasteiger partial charge in [0.05, 0.1) is 6.10 Å². The van der Waals surface area contributed by atoms with E-state index in [0.717, 1.165) is 6.42 Å². The average molecular weight is 162 g/mol. The Hall–Kier alpha value is -0.820. The predicted octanol–water partition coefficient (Wildman–Crippen LogP) is 2.32. The van der Waals surface area contributed by atoms with Crippen molar-refractivity contribution in [1.82, 2.24) is 0 Å². The van der Waals surface area contributed by atoms with Gasteiger partial charge in [-0.1, -0.05) is 29.9 Å². The molecule has 0 bridgehead atoms. The SMILES string of the molecule is C=CCC1=CC=CC2C(OC)C12. The van der Waals surface area contributed by atoms with Crippen LogP contribution in [0.4, 0.5) is 0 Å². The molecule has 1 nitrogen and oxygen atoms in total. The lowest BCUT2D eigenvalue weighted by atomic mass is 10.0. The minimum Gasteiger partial charge on any atom is -0.380 e. The fourth-order valence-corrected chi connectivity index (χ4v) is 2.09. The Bertz CT molecular complexity index is 250. The van der Waals surface area contributed by atoms with Gasteiger partial charge in [0.25, 0.3) is 0 Å². The van der Waals surface area contributed by atoms with Gasteiger partial charge in [-0.15, -0.1) is 6.58 Å². The molecule has 0 aromatic heterocycles. The van der Waals surface area contributed by atoms with Crippen molar-refractivity contribution in [2.24, 2.45) is 11.8 Å².